The molecule has 0 aliphatic carbocycles. The maximum atomic E-state index is 11.8. The van der Waals surface area contributed by atoms with Crippen LogP contribution in [-0.2, 0) is 9.53 Å². The van der Waals surface area contributed by atoms with Crippen molar-refractivity contribution in [3.63, 3.8) is 0 Å². The molecule has 1 amide bonds. The van der Waals surface area contributed by atoms with Gasteiger partial charge >= 0.3 is 0 Å². The van der Waals surface area contributed by atoms with E-state index < -0.39 is 11.6 Å². The Morgan fingerprint density at radius 2 is 2.39 bits per heavy atom. The van der Waals surface area contributed by atoms with E-state index in [1.165, 1.54) is 13.4 Å². The molecule has 0 aliphatic rings. The van der Waals surface area contributed by atoms with E-state index in [0.717, 1.165) is 4.57 Å². The van der Waals surface area contributed by atoms with Crippen molar-refractivity contribution in [3.05, 3.63) is 21.8 Å². The fraction of sp³-hybridized carbons (Fsp3) is 0.500. The van der Waals surface area contributed by atoms with Gasteiger partial charge in [-0.25, -0.2) is 4.98 Å². The summed E-state index contributed by atoms with van der Waals surface area (Å²) < 4.78 is 5.93. The molecule has 0 saturated carbocycles. The Hall–Kier alpha value is -1.60. The quantitative estimate of drug-likeness (QED) is 0.572. The number of nitrogens with zero attached hydrogens (tertiary/aromatic N) is 2. The largest absolute Gasteiger partial charge is 0.392 e. The zero-order chi connectivity index (χ0) is 13.7. The minimum Gasteiger partial charge on any atom is -0.392 e. The molecule has 1 rings (SSSR count). The van der Waals surface area contributed by atoms with Gasteiger partial charge in [-0.05, 0) is 6.92 Å². The predicted octanol–water partition coefficient (Wildman–Crippen LogP) is -0.198. The molecule has 1 atom stereocenters. The van der Waals surface area contributed by atoms with Gasteiger partial charge < -0.3 is 15.8 Å². The van der Waals surface area contributed by atoms with Crippen molar-refractivity contribution in [1.82, 2.24) is 14.9 Å². The number of halogens is 1. The molecule has 100 valence electrons. The van der Waals surface area contributed by atoms with E-state index in [4.69, 9.17) is 22.1 Å². The molecule has 8 heteroatoms. The van der Waals surface area contributed by atoms with Crippen LogP contribution < -0.4 is 16.6 Å². The Kier molecular flexibility index (Phi) is 5.11. The number of aromatic nitrogens is 2. The highest BCUT2D eigenvalue weighted by Crippen LogP contribution is 2.10. The minimum atomic E-state index is -0.721. The Morgan fingerprint density at radius 1 is 1.72 bits per heavy atom. The third kappa shape index (κ3) is 3.21. The van der Waals surface area contributed by atoms with Gasteiger partial charge in [0.05, 0.1) is 6.61 Å². The highest BCUT2D eigenvalue weighted by atomic mass is 35.5. The number of carbonyl (C=O) groups is 1. The maximum absolute atomic E-state index is 11.8. The molecule has 0 aliphatic heterocycles. The number of amides is 1. The zero-order valence-corrected chi connectivity index (χ0v) is 10.9. The second-order valence-corrected chi connectivity index (χ2v) is 3.98. The Labute approximate surface area is 109 Å². The van der Waals surface area contributed by atoms with Crippen molar-refractivity contribution in [1.29, 1.82) is 0 Å². The highest BCUT2D eigenvalue weighted by molar-refractivity contribution is 6.31. The van der Waals surface area contributed by atoms with Gasteiger partial charge in [-0.3, -0.25) is 14.2 Å². The summed E-state index contributed by atoms with van der Waals surface area (Å²) in [4.78, 5) is 27.3. The van der Waals surface area contributed by atoms with Gasteiger partial charge in [0.15, 0.2) is 5.15 Å². The van der Waals surface area contributed by atoms with Gasteiger partial charge in [0.2, 0.25) is 5.91 Å². The van der Waals surface area contributed by atoms with Gasteiger partial charge in [0.1, 0.15) is 18.1 Å². The lowest BCUT2D eigenvalue weighted by Gasteiger charge is -2.15. The first-order chi connectivity index (χ1) is 8.49. The highest BCUT2D eigenvalue weighted by Gasteiger charge is 2.17. The van der Waals surface area contributed by atoms with Crippen LogP contribution in [0.3, 0.4) is 0 Å². The van der Waals surface area contributed by atoms with Crippen LogP contribution in [0.1, 0.15) is 13.0 Å². The first-order valence-electron chi connectivity index (χ1n) is 5.27. The summed E-state index contributed by atoms with van der Waals surface area (Å²) >= 11 is 5.61. The average Bonchev–Trinajstić information content (AvgIpc) is 2.35. The number of hydrogen-bond acceptors (Lipinski definition) is 5. The molecular formula is C10H15ClN4O3. The first-order valence-corrected chi connectivity index (χ1v) is 5.65. The van der Waals surface area contributed by atoms with Crippen LogP contribution in [-0.4, -0.2) is 35.7 Å². The van der Waals surface area contributed by atoms with Crippen LogP contribution in [0.4, 0.5) is 5.69 Å². The number of nitrogens with two attached hydrogens (primary N) is 1. The molecule has 1 aromatic rings. The minimum absolute atomic E-state index is 0.0664. The average molecular weight is 275 g/mol. The van der Waals surface area contributed by atoms with Gasteiger partial charge in [-0.15, -0.1) is 0 Å². The Balaban J connectivity index is 2.84. The van der Waals surface area contributed by atoms with Crippen LogP contribution in [0, 0.1) is 0 Å². The molecule has 3 N–H and O–H groups in total. The molecule has 0 saturated heterocycles. The molecule has 0 bridgehead atoms. The lowest BCUT2D eigenvalue weighted by atomic mass is 10.3. The van der Waals surface area contributed by atoms with Crippen LogP contribution >= 0.6 is 11.6 Å². The summed E-state index contributed by atoms with van der Waals surface area (Å²) in [6.45, 7) is 2.33. The zero-order valence-electron chi connectivity index (χ0n) is 10.1. The molecular weight excluding hydrogens is 260 g/mol. The van der Waals surface area contributed by atoms with E-state index >= 15 is 0 Å². The lowest BCUT2D eigenvalue weighted by Crippen LogP contribution is -2.37. The van der Waals surface area contributed by atoms with Gasteiger partial charge in [0, 0.05) is 13.7 Å². The summed E-state index contributed by atoms with van der Waals surface area (Å²) in [7, 11) is 1.53. The SMILES string of the molecule is COCCNC(=O)C(C)n1cnc(Cl)c(N)c1=O. The van der Waals surface area contributed by atoms with E-state index in [0.29, 0.717) is 13.2 Å². The van der Waals surface area contributed by atoms with Gasteiger partial charge in [-0.1, -0.05) is 11.6 Å². The monoisotopic (exact) mass is 274 g/mol. The van der Waals surface area contributed by atoms with Gasteiger partial charge in [-0.2, -0.15) is 0 Å². The third-order valence-electron chi connectivity index (χ3n) is 2.38. The van der Waals surface area contributed by atoms with E-state index in [-0.39, 0.29) is 16.7 Å². The molecule has 0 aromatic carbocycles. The number of rotatable bonds is 5. The number of ether oxygens (including phenoxy) is 1. The summed E-state index contributed by atoms with van der Waals surface area (Å²) in [5.41, 5.74) is 4.75. The van der Waals surface area contributed by atoms with Crippen molar-refractivity contribution in [2.45, 2.75) is 13.0 Å². The molecule has 1 heterocycles. The summed E-state index contributed by atoms with van der Waals surface area (Å²) in [5, 5.41) is 2.55. The van der Waals surface area contributed by atoms with Crippen LogP contribution in [0.5, 0.6) is 0 Å². The van der Waals surface area contributed by atoms with Crippen molar-refractivity contribution in [2.75, 3.05) is 26.0 Å². The van der Waals surface area contributed by atoms with Crippen molar-refractivity contribution in [2.24, 2.45) is 0 Å². The Morgan fingerprint density at radius 3 is 3.00 bits per heavy atom. The molecule has 0 fully saturated rings. The molecule has 18 heavy (non-hydrogen) atoms. The van der Waals surface area contributed by atoms with Gasteiger partial charge in [0.25, 0.3) is 5.56 Å². The van der Waals surface area contributed by atoms with Crippen LogP contribution in [0.15, 0.2) is 11.1 Å². The standard InChI is InChI=1S/C10H15ClN4O3/c1-6(9(16)13-3-4-18-2)15-5-14-8(11)7(12)10(15)17/h5-6H,3-4,12H2,1-2H3,(H,13,16). The Bertz CT molecular complexity index is 489. The number of nitrogens with one attached hydrogen (secondary N) is 1. The second kappa shape index (κ2) is 6.36. The first kappa shape index (κ1) is 14.5. The molecule has 7 nitrogen and oxygen atoms in total. The topological polar surface area (TPSA) is 99.2 Å². The molecule has 0 spiro atoms. The fourth-order valence-electron chi connectivity index (χ4n) is 1.29. The summed E-state index contributed by atoms with van der Waals surface area (Å²) in [6, 6.07) is -0.721. The van der Waals surface area contributed by atoms with E-state index in [2.05, 4.69) is 10.3 Å². The lowest BCUT2D eigenvalue weighted by molar-refractivity contribution is -0.124. The summed E-state index contributed by atoms with van der Waals surface area (Å²) in [6.07, 6.45) is 1.20. The molecule has 0 radical (unpaired) electrons. The number of nitrogen functional groups attached to an aromatic ring is 1. The second-order valence-electron chi connectivity index (χ2n) is 3.62. The van der Waals surface area contributed by atoms with Crippen molar-refractivity contribution >= 4 is 23.2 Å². The maximum Gasteiger partial charge on any atom is 0.278 e. The van der Waals surface area contributed by atoms with E-state index in [9.17, 15) is 9.59 Å². The fourth-order valence-corrected chi connectivity index (χ4v) is 1.41. The smallest absolute Gasteiger partial charge is 0.278 e. The number of hydrogen-bond donors (Lipinski definition) is 2. The van der Waals surface area contributed by atoms with Crippen molar-refractivity contribution in [3.8, 4) is 0 Å². The van der Waals surface area contributed by atoms with Crippen LogP contribution in [0.25, 0.3) is 0 Å². The molecule has 1 unspecified atom stereocenters. The van der Waals surface area contributed by atoms with E-state index in [1.54, 1.807) is 6.92 Å². The third-order valence-corrected chi connectivity index (χ3v) is 2.69. The van der Waals surface area contributed by atoms with Crippen molar-refractivity contribution < 1.29 is 9.53 Å². The number of methoxy groups -OCH3 is 1. The molecule has 1 aromatic heterocycles. The normalized spacial score (nSPS) is 12.2. The predicted molar refractivity (Wildman–Crippen MR) is 67.5 cm³/mol. The summed E-state index contributed by atoms with van der Waals surface area (Å²) in [5.74, 6) is -0.322. The number of anilines is 1. The van der Waals surface area contributed by atoms with Crippen LogP contribution in [0.2, 0.25) is 5.15 Å². The van der Waals surface area contributed by atoms with E-state index in [1.807, 2.05) is 0 Å². The number of carbonyl (C=O) groups excluding carboxylic acids is 1.